The van der Waals surface area contributed by atoms with E-state index in [0.29, 0.717) is 47.1 Å². The highest BCUT2D eigenvalue weighted by molar-refractivity contribution is 7.91. The van der Waals surface area contributed by atoms with Crippen LogP contribution in [0, 0.1) is 11.6 Å². The molecule has 5 aromatic rings. The Hall–Kier alpha value is -6.26. The minimum Gasteiger partial charge on any atom is -0.444 e. The molecule has 5 rings (SSSR count). The maximum Gasteiger partial charge on any atom is 0.471 e. The number of hydrogen-bond acceptors (Lipinski definition) is 15. The summed E-state index contributed by atoms with van der Waals surface area (Å²) < 4.78 is 195. The summed E-state index contributed by atoms with van der Waals surface area (Å²) in [6.45, 7) is 7.44. The lowest BCUT2D eigenvalue weighted by Gasteiger charge is -2.21. The van der Waals surface area contributed by atoms with Crippen LogP contribution in [-0.4, -0.2) is 94.9 Å². The highest BCUT2D eigenvalue weighted by Crippen LogP contribution is 2.32. The Bertz CT molecular complexity index is 2780. The van der Waals surface area contributed by atoms with E-state index in [2.05, 4.69) is 29.8 Å². The van der Waals surface area contributed by atoms with Crippen molar-refractivity contribution in [3.05, 3.63) is 95.8 Å². The van der Waals surface area contributed by atoms with Crippen molar-refractivity contribution in [2.45, 2.75) is 95.6 Å². The van der Waals surface area contributed by atoms with Crippen LogP contribution in [0.25, 0.3) is 22.9 Å². The minimum atomic E-state index is -5.77. The van der Waals surface area contributed by atoms with Gasteiger partial charge in [0.1, 0.15) is 49.7 Å². The van der Waals surface area contributed by atoms with Crippen molar-refractivity contribution in [3.63, 3.8) is 0 Å². The van der Waals surface area contributed by atoms with Crippen molar-refractivity contribution < 1.29 is 93.3 Å². The predicted octanol–water partition coefficient (Wildman–Crippen LogP) is 8.94. The molecule has 71 heavy (non-hydrogen) atoms. The first-order valence-electron chi connectivity index (χ1n) is 20.5. The Morgan fingerprint density at radius 1 is 0.634 bits per heavy atom. The van der Waals surface area contributed by atoms with Gasteiger partial charge in [-0.1, -0.05) is 38.0 Å². The summed E-state index contributed by atoms with van der Waals surface area (Å²) in [4.78, 5) is 31.3. The highest BCUT2D eigenvalue weighted by Gasteiger charge is 2.54. The number of carbonyl (C=O) groups excluding carboxylic acids is 2. The number of amidine groups is 1. The van der Waals surface area contributed by atoms with E-state index in [1.165, 1.54) is 48.9 Å². The molecule has 3 N–H and O–H groups in total. The summed E-state index contributed by atoms with van der Waals surface area (Å²) in [5.74, 6) is -8.91. The number of rotatable bonds is 19. The molecular formula is C42H45F11N6O10S2. The average Bonchev–Trinajstić information content (AvgIpc) is 4.08. The number of aromatic nitrogens is 4. The van der Waals surface area contributed by atoms with Crippen molar-refractivity contribution in [1.82, 2.24) is 20.1 Å². The zero-order valence-corrected chi connectivity index (χ0v) is 39.4. The van der Waals surface area contributed by atoms with Gasteiger partial charge in [-0.3, -0.25) is 9.59 Å². The first-order chi connectivity index (χ1) is 32.5. The second-order valence-corrected chi connectivity index (χ2v) is 21.2. The zero-order valence-electron chi connectivity index (χ0n) is 37.8. The van der Waals surface area contributed by atoms with Crippen LogP contribution < -0.4 is 5.73 Å². The van der Waals surface area contributed by atoms with E-state index in [-0.39, 0.29) is 72.0 Å². The number of carbonyl (C=O) groups is 2. The van der Waals surface area contributed by atoms with Gasteiger partial charge in [0.25, 0.3) is 0 Å². The summed E-state index contributed by atoms with van der Waals surface area (Å²) in [7, 11) is -6.74. The summed E-state index contributed by atoms with van der Waals surface area (Å²) in [5.41, 5.74) is 6.64. The molecule has 0 spiro atoms. The van der Waals surface area contributed by atoms with Crippen LogP contribution >= 0.6 is 0 Å². The number of hydrogen-bond donors (Lipinski definition) is 2. The summed E-state index contributed by atoms with van der Waals surface area (Å²) in [6.07, 6.45) is -12.2. The molecule has 3 aromatic heterocycles. The second kappa shape index (κ2) is 23.8. The Balaban J connectivity index is 0.000000309. The lowest BCUT2D eigenvalue weighted by molar-refractivity contribution is -0.193. The van der Waals surface area contributed by atoms with E-state index in [0.717, 1.165) is 0 Å². The molecule has 0 amide bonds. The summed E-state index contributed by atoms with van der Waals surface area (Å²) in [6, 6.07) is 11.4. The van der Waals surface area contributed by atoms with Gasteiger partial charge < -0.3 is 24.3 Å². The molecule has 0 saturated heterocycles. The third-order valence-corrected chi connectivity index (χ3v) is 13.4. The normalized spacial score (nSPS) is 13.0. The van der Waals surface area contributed by atoms with Crippen molar-refractivity contribution in [2.24, 2.45) is 10.9 Å². The number of sulfone groups is 2. The van der Waals surface area contributed by atoms with E-state index < -0.39 is 66.5 Å². The summed E-state index contributed by atoms with van der Waals surface area (Å²) in [5, 5.41) is 14.5. The Labute approximate surface area is 397 Å². The number of aryl methyl sites for hydroxylation is 1. The largest absolute Gasteiger partial charge is 0.471 e. The van der Waals surface area contributed by atoms with Crippen LogP contribution in [0.1, 0.15) is 82.9 Å². The van der Waals surface area contributed by atoms with Gasteiger partial charge in [0.2, 0.25) is 11.8 Å². The maximum atomic E-state index is 13.1. The smallest absolute Gasteiger partial charge is 0.444 e. The number of ketones is 2. The lowest BCUT2D eigenvalue weighted by Crippen LogP contribution is -2.39. The fraction of sp³-hybridized carbons (Fsp3) is 0.452. The molecule has 29 heteroatoms. The third-order valence-electron chi connectivity index (χ3n) is 9.96. The predicted molar refractivity (Wildman–Crippen MR) is 229 cm³/mol. The van der Waals surface area contributed by atoms with E-state index in [1.54, 1.807) is 12.1 Å². The van der Waals surface area contributed by atoms with E-state index >= 15 is 0 Å². The fourth-order valence-corrected chi connectivity index (χ4v) is 8.82. The molecule has 16 nitrogen and oxygen atoms in total. The number of Topliss-reactive ketones (excluding diaryl/α,β-unsaturated/α-hetero) is 2. The highest BCUT2D eigenvalue weighted by atomic mass is 32.2. The number of benzene rings is 2. The average molecular weight is 1070 g/mol. The van der Waals surface area contributed by atoms with E-state index in [1.807, 2.05) is 27.7 Å². The SMILES string of the molecule is CC(C)(CCS(=O)(=O)CCC/C(N)=N/O)c1coc(-c2ccc(F)cc2)n1.CC(C)(CCS(=O)(=O)CCCc1noc(C(F)(F)F)n1)c1coc(-c2ccc(F)cc2)n1.O=C(C(=O)C(F)(F)F)C(F)(F)F. The Kier molecular flexibility index (Phi) is 19.8. The third kappa shape index (κ3) is 19.1. The van der Waals surface area contributed by atoms with Crippen LogP contribution in [0.2, 0.25) is 0 Å². The molecule has 392 valence electrons. The van der Waals surface area contributed by atoms with Crippen molar-refractivity contribution >= 4 is 37.1 Å². The van der Waals surface area contributed by atoms with Crippen LogP contribution in [0.5, 0.6) is 0 Å². The number of nitrogens with zero attached hydrogens (tertiary/aromatic N) is 5. The molecule has 0 aliphatic rings. The molecular weight excluding hydrogens is 1020 g/mol. The number of nitrogens with two attached hydrogens (primary N) is 1. The minimum absolute atomic E-state index is 0.00505. The molecule has 0 bridgehead atoms. The lowest BCUT2D eigenvalue weighted by atomic mass is 9.87. The number of oxazole rings is 2. The fourth-order valence-electron chi connectivity index (χ4n) is 5.60. The first kappa shape index (κ1) is 59.1. The number of alkyl halides is 9. The van der Waals surface area contributed by atoms with Crippen LogP contribution in [-0.2, 0) is 52.7 Å². The van der Waals surface area contributed by atoms with Gasteiger partial charge in [0.15, 0.2) is 5.82 Å². The first-order valence-corrected chi connectivity index (χ1v) is 24.1. The van der Waals surface area contributed by atoms with Gasteiger partial charge >= 0.3 is 36.0 Å². The molecule has 0 radical (unpaired) electrons. The number of halogens is 11. The summed E-state index contributed by atoms with van der Waals surface area (Å²) >= 11 is 0. The molecule has 0 unspecified atom stereocenters. The monoisotopic (exact) mass is 1070 g/mol. The quantitative estimate of drug-likeness (QED) is 0.0195. The Morgan fingerprint density at radius 2 is 1.03 bits per heavy atom. The topological polar surface area (TPSA) is 252 Å². The Morgan fingerprint density at radius 3 is 1.38 bits per heavy atom. The van der Waals surface area contributed by atoms with Gasteiger partial charge in [-0.05, 0) is 74.2 Å². The van der Waals surface area contributed by atoms with Crippen LogP contribution in [0.4, 0.5) is 48.3 Å². The van der Waals surface area contributed by atoms with E-state index in [4.69, 9.17) is 19.8 Å². The molecule has 3 heterocycles. The van der Waals surface area contributed by atoms with Gasteiger partial charge in [-0.15, -0.1) is 0 Å². The van der Waals surface area contributed by atoms with Crippen LogP contribution in [0.15, 0.2) is 79.6 Å². The van der Waals surface area contributed by atoms with Gasteiger partial charge in [0.05, 0.1) is 34.4 Å². The maximum absolute atomic E-state index is 13.1. The molecule has 0 fully saturated rings. The second-order valence-electron chi connectivity index (χ2n) is 16.6. The van der Waals surface area contributed by atoms with Gasteiger partial charge in [-0.2, -0.15) is 44.5 Å². The molecule has 0 saturated carbocycles. The van der Waals surface area contributed by atoms with Crippen molar-refractivity contribution in [2.75, 3.05) is 23.0 Å². The van der Waals surface area contributed by atoms with E-state index in [9.17, 15) is 74.7 Å². The van der Waals surface area contributed by atoms with Gasteiger partial charge in [-0.25, -0.2) is 35.6 Å². The molecule has 2 aromatic carbocycles. The van der Waals surface area contributed by atoms with Gasteiger partial charge in [0, 0.05) is 34.8 Å². The number of oxime groups is 1. The van der Waals surface area contributed by atoms with Crippen molar-refractivity contribution in [3.8, 4) is 22.9 Å². The van der Waals surface area contributed by atoms with Crippen molar-refractivity contribution in [1.29, 1.82) is 0 Å². The molecule has 0 aliphatic heterocycles. The standard InChI is InChI=1S/C20H21F4N3O4S.C18H24FN3O4S.C4F6O2/c1-19(2,15-12-30-17(25-15)13-5-7-14(21)8-6-13)9-11-32(28,29)10-3-4-16-26-18(31-27-16)20(22,23)24;1-18(2,9-11-27(24,25)10-3-4-16(20)22-23)15-12-26-17(21-15)13-5-7-14(19)8-6-13;5-3(6,7)1(11)2(12)4(8,9)10/h5-8,12H,3-4,9-11H2,1-2H3;5-8,12,23H,3-4,9-11H2,1-2H3,(H2,20,22);. The van der Waals surface area contributed by atoms with Crippen LogP contribution in [0.3, 0.4) is 0 Å². The molecule has 0 aliphatic carbocycles. The zero-order chi connectivity index (χ0) is 53.8. The molecule has 0 atom stereocenters.